The summed E-state index contributed by atoms with van der Waals surface area (Å²) in [4.78, 5) is 11.0. The monoisotopic (exact) mass is 228 g/mol. The van der Waals surface area contributed by atoms with Crippen molar-refractivity contribution in [3.63, 3.8) is 0 Å². The first-order valence-corrected chi connectivity index (χ1v) is 7.95. The van der Waals surface area contributed by atoms with Crippen molar-refractivity contribution in [3.8, 4) is 0 Å². The van der Waals surface area contributed by atoms with Crippen LogP contribution in [0.1, 0.15) is 32.1 Å². The molecular formula is C11H16OS2. The first kappa shape index (κ1) is 9.59. The van der Waals surface area contributed by atoms with Gasteiger partial charge >= 0.3 is 0 Å². The van der Waals surface area contributed by atoms with E-state index in [4.69, 9.17) is 0 Å². The van der Waals surface area contributed by atoms with Crippen molar-refractivity contribution in [1.82, 2.24) is 0 Å². The molecule has 1 nitrogen and oxygen atoms in total. The second-order valence-corrected chi connectivity index (χ2v) is 7.53. The van der Waals surface area contributed by atoms with E-state index in [1.54, 1.807) is 0 Å². The highest BCUT2D eigenvalue weighted by molar-refractivity contribution is 8.77. The highest BCUT2D eigenvalue weighted by Gasteiger charge is 2.49. The van der Waals surface area contributed by atoms with Crippen molar-refractivity contribution < 1.29 is 4.79 Å². The fourth-order valence-electron chi connectivity index (χ4n) is 3.47. The van der Waals surface area contributed by atoms with Crippen LogP contribution in [0.3, 0.4) is 0 Å². The average molecular weight is 228 g/mol. The van der Waals surface area contributed by atoms with Crippen LogP contribution in [0, 0.1) is 17.8 Å². The fourth-order valence-corrected chi connectivity index (χ4v) is 7.81. The molecule has 3 rings (SSSR count). The maximum atomic E-state index is 11.0. The molecule has 78 valence electrons. The van der Waals surface area contributed by atoms with Gasteiger partial charge in [0.05, 0.1) is 0 Å². The summed E-state index contributed by atoms with van der Waals surface area (Å²) in [6.45, 7) is 0. The van der Waals surface area contributed by atoms with Crippen molar-refractivity contribution >= 4 is 27.9 Å². The third-order valence-corrected chi connectivity index (χ3v) is 7.71. The predicted molar refractivity (Wildman–Crippen MR) is 62.4 cm³/mol. The lowest BCUT2D eigenvalue weighted by molar-refractivity contribution is -0.112. The average Bonchev–Trinajstić information content (AvgIpc) is 2.66. The molecular weight excluding hydrogens is 212 g/mol. The number of carbonyl (C=O) groups is 1. The maximum absolute atomic E-state index is 11.0. The molecule has 0 spiro atoms. The Morgan fingerprint density at radius 3 is 2.86 bits per heavy atom. The Kier molecular flexibility index (Phi) is 2.56. The van der Waals surface area contributed by atoms with Crippen molar-refractivity contribution in [2.45, 2.75) is 42.6 Å². The van der Waals surface area contributed by atoms with E-state index < -0.39 is 0 Å². The number of hydrogen-bond acceptors (Lipinski definition) is 3. The van der Waals surface area contributed by atoms with Crippen molar-refractivity contribution in [2.75, 3.05) is 0 Å². The minimum Gasteiger partial charge on any atom is -0.303 e. The van der Waals surface area contributed by atoms with E-state index in [0.29, 0.717) is 11.2 Å². The molecule has 3 fully saturated rings. The Morgan fingerprint density at radius 1 is 1.07 bits per heavy atom. The molecule has 1 heterocycles. The van der Waals surface area contributed by atoms with Gasteiger partial charge in [0.25, 0.3) is 0 Å². The summed E-state index contributed by atoms with van der Waals surface area (Å²) in [7, 11) is 4.10. The predicted octanol–water partition coefficient (Wildman–Crippen LogP) is 3.14. The molecule has 0 aromatic carbocycles. The smallest absolute Gasteiger partial charge is 0.124 e. The van der Waals surface area contributed by atoms with Gasteiger partial charge in [0.15, 0.2) is 0 Å². The normalized spacial score (nSPS) is 51.3. The lowest BCUT2D eigenvalue weighted by Crippen LogP contribution is -2.41. The summed E-state index contributed by atoms with van der Waals surface area (Å²) < 4.78 is 0. The maximum Gasteiger partial charge on any atom is 0.124 e. The van der Waals surface area contributed by atoms with Crippen LogP contribution in [0.2, 0.25) is 0 Å². The molecule has 0 aromatic rings. The van der Waals surface area contributed by atoms with E-state index in [9.17, 15) is 4.79 Å². The zero-order valence-corrected chi connectivity index (χ0v) is 9.86. The largest absolute Gasteiger partial charge is 0.303 e. The number of hydrogen-bond donors (Lipinski definition) is 0. The zero-order chi connectivity index (χ0) is 9.54. The Bertz CT molecular complexity index is 243. The Morgan fingerprint density at radius 2 is 2.00 bits per heavy atom. The molecule has 0 N–H and O–H groups in total. The van der Waals surface area contributed by atoms with Gasteiger partial charge in [-0.2, -0.15) is 0 Å². The molecule has 0 amide bonds. The lowest BCUT2D eigenvalue weighted by atomic mass is 9.67. The van der Waals surface area contributed by atoms with Gasteiger partial charge in [-0.05, 0) is 31.1 Å². The molecule has 1 aliphatic heterocycles. The highest BCUT2D eigenvalue weighted by Crippen LogP contribution is 2.60. The van der Waals surface area contributed by atoms with Crippen LogP contribution in [0.5, 0.6) is 0 Å². The minimum atomic E-state index is 0.372. The quantitative estimate of drug-likeness (QED) is 0.507. The van der Waals surface area contributed by atoms with Gasteiger partial charge in [-0.25, -0.2) is 0 Å². The van der Waals surface area contributed by atoms with Gasteiger partial charge in [0, 0.05) is 16.4 Å². The van der Waals surface area contributed by atoms with Gasteiger partial charge in [-0.1, -0.05) is 34.4 Å². The third kappa shape index (κ3) is 1.35. The van der Waals surface area contributed by atoms with Gasteiger partial charge in [-0.15, -0.1) is 0 Å². The number of aldehydes is 1. The summed E-state index contributed by atoms with van der Waals surface area (Å²) in [5, 5.41) is 1.55. The van der Waals surface area contributed by atoms with Crippen LogP contribution in [-0.2, 0) is 4.79 Å². The van der Waals surface area contributed by atoms with Crippen molar-refractivity contribution in [1.29, 1.82) is 0 Å². The van der Waals surface area contributed by atoms with E-state index in [1.807, 2.05) is 10.8 Å². The SMILES string of the molecule is O=CC1CCC2CCCC3SSC1C23. The summed E-state index contributed by atoms with van der Waals surface area (Å²) in [6.07, 6.45) is 7.98. The molecule has 5 unspecified atom stereocenters. The molecule has 5 atom stereocenters. The molecule has 3 aliphatic rings. The van der Waals surface area contributed by atoms with Gasteiger partial charge < -0.3 is 4.79 Å². The van der Waals surface area contributed by atoms with E-state index in [-0.39, 0.29) is 0 Å². The van der Waals surface area contributed by atoms with Crippen LogP contribution < -0.4 is 0 Å². The summed E-state index contributed by atoms with van der Waals surface area (Å²) >= 11 is 0. The van der Waals surface area contributed by atoms with E-state index in [1.165, 1.54) is 32.0 Å². The van der Waals surface area contributed by atoms with Crippen LogP contribution in [0.4, 0.5) is 0 Å². The molecule has 14 heavy (non-hydrogen) atoms. The molecule has 0 bridgehead atoms. The second-order valence-electron chi connectivity index (χ2n) is 4.84. The number of carbonyl (C=O) groups excluding carboxylic acids is 1. The second kappa shape index (κ2) is 3.75. The lowest BCUT2D eigenvalue weighted by Gasteiger charge is -2.41. The molecule has 2 aliphatic carbocycles. The first-order chi connectivity index (χ1) is 6.90. The molecule has 0 aromatic heterocycles. The molecule has 0 radical (unpaired) electrons. The first-order valence-electron chi connectivity index (χ1n) is 5.67. The zero-order valence-electron chi connectivity index (χ0n) is 8.22. The summed E-state index contributed by atoms with van der Waals surface area (Å²) in [5.41, 5.74) is 0. The molecule has 2 saturated carbocycles. The summed E-state index contributed by atoms with van der Waals surface area (Å²) in [6, 6.07) is 0. The molecule has 3 heteroatoms. The van der Waals surface area contributed by atoms with Crippen LogP contribution >= 0.6 is 21.6 Å². The van der Waals surface area contributed by atoms with Gasteiger partial charge in [0.2, 0.25) is 0 Å². The number of rotatable bonds is 1. The van der Waals surface area contributed by atoms with E-state index in [0.717, 1.165) is 23.5 Å². The van der Waals surface area contributed by atoms with E-state index >= 15 is 0 Å². The standard InChI is InChI=1S/C11H16OS2/c12-6-8-5-4-7-2-1-3-9-10(7)11(8)14-13-9/h6-11H,1-5H2. The Labute approximate surface area is 93.2 Å². The Hall–Kier alpha value is 0.370. The van der Waals surface area contributed by atoms with E-state index in [2.05, 4.69) is 10.8 Å². The van der Waals surface area contributed by atoms with Crippen molar-refractivity contribution in [3.05, 3.63) is 0 Å². The van der Waals surface area contributed by atoms with Gasteiger partial charge in [0.1, 0.15) is 6.29 Å². The topological polar surface area (TPSA) is 17.1 Å². The highest BCUT2D eigenvalue weighted by atomic mass is 33.1. The van der Waals surface area contributed by atoms with Crippen LogP contribution in [0.25, 0.3) is 0 Å². The van der Waals surface area contributed by atoms with Gasteiger partial charge in [-0.3, -0.25) is 0 Å². The van der Waals surface area contributed by atoms with Crippen LogP contribution in [0.15, 0.2) is 0 Å². The summed E-state index contributed by atoms with van der Waals surface area (Å²) in [5.74, 6) is 2.21. The van der Waals surface area contributed by atoms with Crippen molar-refractivity contribution in [2.24, 2.45) is 17.8 Å². The van der Waals surface area contributed by atoms with Crippen LogP contribution in [-0.4, -0.2) is 16.8 Å². The molecule has 1 saturated heterocycles. The fraction of sp³-hybridized carbons (Fsp3) is 0.909. The Balaban J connectivity index is 1.85. The third-order valence-electron chi connectivity index (χ3n) is 4.17. The minimum absolute atomic E-state index is 0.372.